The van der Waals surface area contributed by atoms with Crippen molar-refractivity contribution in [2.24, 2.45) is 0 Å². The highest BCUT2D eigenvalue weighted by molar-refractivity contribution is 5.85. The fourth-order valence-electron chi connectivity index (χ4n) is 4.30. The SMILES string of the molecule is CN(c1ccc(-c2cc(C(F)(F)F)ccc2O)nn1)C1CC(C)(C)NC(C)(C)C1.Cl. The lowest BCUT2D eigenvalue weighted by Gasteiger charge is -2.49. The zero-order chi connectivity index (χ0) is 21.6. The minimum Gasteiger partial charge on any atom is -0.507 e. The van der Waals surface area contributed by atoms with Gasteiger partial charge < -0.3 is 15.3 Å². The van der Waals surface area contributed by atoms with Crippen molar-refractivity contribution in [3.63, 3.8) is 0 Å². The minimum absolute atomic E-state index is 0. The number of phenols is 1. The molecule has 0 unspecified atom stereocenters. The van der Waals surface area contributed by atoms with E-state index in [0.717, 1.165) is 31.0 Å². The zero-order valence-corrected chi connectivity index (χ0v) is 18.5. The molecule has 166 valence electrons. The number of phenolic OH excluding ortho intramolecular Hbond substituents is 1. The molecular formula is C21H28ClF3N4O. The summed E-state index contributed by atoms with van der Waals surface area (Å²) in [4.78, 5) is 2.06. The normalized spacial score (nSPS) is 18.5. The number of anilines is 1. The van der Waals surface area contributed by atoms with E-state index in [0.29, 0.717) is 5.82 Å². The average Bonchev–Trinajstić information content (AvgIpc) is 2.58. The van der Waals surface area contributed by atoms with Crippen LogP contribution in [0, 0.1) is 0 Å². The van der Waals surface area contributed by atoms with Crippen molar-refractivity contribution in [1.82, 2.24) is 15.5 Å². The highest BCUT2D eigenvalue weighted by Gasteiger charge is 2.39. The molecule has 0 bridgehead atoms. The summed E-state index contributed by atoms with van der Waals surface area (Å²) in [7, 11) is 1.95. The van der Waals surface area contributed by atoms with Crippen LogP contribution in [0.15, 0.2) is 30.3 Å². The Labute approximate surface area is 181 Å². The molecule has 2 aromatic rings. The molecule has 9 heteroatoms. The molecular weight excluding hydrogens is 417 g/mol. The van der Waals surface area contributed by atoms with Gasteiger partial charge in [-0.15, -0.1) is 22.6 Å². The standard InChI is InChI=1S/C21H27F3N4O.ClH/c1-19(2)11-14(12-20(3,4)27-19)28(5)18-9-7-16(25-26-18)15-10-13(21(22,23)24)6-8-17(15)29;/h6-10,14,27,29H,11-12H2,1-5H3;1H. The number of hydrogen-bond acceptors (Lipinski definition) is 5. The highest BCUT2D eigenvalue weighted by Crippen LogP contribution is 2.37. The topological polar surface area (TPSA) is 61.3 Å². The van der Waals surface area contributed by atoms with Crippen LogP contribution < -0.4 is 10.2 Å². The fourth-order valence-corrected chi connectivity index (χ4v) is 4.30. The Balaban J connectivity index is 0.00000320. The number of benzene rings is 1. The van der Waals surface area contributed by atoms with Crippen LogP contribution in [0.25, 0.3) is 11.3 Å². The van der Waals surface area contributed by atoms with E-state index in [1.54, 1.807) is 12.1 Å². The summed E-state index contributed by atoms with van der Waals surface area (Å²) in [5.41, 5.74) is -0.703. The molecule has 3 rings (SSSR count). The molecule has 0 radical (unpaired) electrons. The van der Waals surface area contributed by atoms with E-state index in [1.165, 1.54) is 0 Å². The minimum atomic E-state index is -4.50. The summed E-state index contributed by atoms with van der Waals surface area (Å²) in [6.07, 6.45) is -2.65. The number of aromatic nitrogens is 2. The van der Waals surface area contributed by atoms with Crippen molar-refractivity contribution >= 4 is 18.2 Å². The Morgan fingerprint density at radius 2 is 1.63 bits per heavy atom. The number of rotatable bonds is 3. The van der Waals surface area contributed by atoms with Crippen LogP contribution in [-0.2, 0) is 6.18 Å². The van der Waals surface area contributed by atoms with Crippen LogP contribution in [0.5, 0.6) is 5.75 Å². The van der Waals surface area contributed by atoms with Crippen LogP contribution in [-0.4, -0.2) is 39.5 Å². The van der Waals surface area contributed by atoms with Crippen LogP contribution >= 0.6 is 12.4 Å². The third kappa shape index (κ3) is 5.35. The first-order valence-electron chi connectivity index (χ1n) is 9.54. The first-order chi connectivity index (χ1) is 13.3. The number of aromatic hydroxyl groups is 1. The number of halogens is 4. The largest absolute Gasteiger partial charge is 0.507 e. The summed E-state index contributed by atoms with van der Waals surface area (Å²) < 4.78 is 39.0. The van der Waals surface area contributed by atoms with Gasteiger partial charge in [0, 0.05) is 29.7 Å². The van der Waals surface area contributed by atoms with Crippen molar-refractivity contribution in [3.8, 4) is 17.0 Å². The molecule has 1 aliphatic heterocycles. The van der Waals surface area contributed by atoms with Gasteiger partial charge in [-0.2, -0.15) is 13.2 Å². The first-order valence-corrected chi connectivity index (χ1v) is 9.54. The third-order valence-electron chi connectivity index (χ3n) is 5.33. The molecule has 1 aromatic heterocycles. The molecule has 2 N–H and O–H groups in total. The Kier molecular flexibility index (Phi) is 6.64. The summed E-state index contributed by atoms with van der Waals surface area (Å²) in [5, 5.41) is 21.9. The van der Waals surface area contributed by atoms with E-state index in [1.807, 2.05) is 7.05 Å². The lowest BCUT2D eigenvalue weighted by atomic mass is 9.79. The Morgan fingerprint density at radius 3 is 2.13 bits per heavy atom. The van der Waals surface area contributed by atoms with E-state index in [2.05, 4.69) is 48.1 Å². The molecule has 1 saturated heterocycles. The molecule has 30 heavy (non-hydrogen) atoms. The van der Waals surface area contributed by atoms with Gasteiger partial charge in [-0.05, 0) is 70.9 Å². The third-order valence-corrected chi connectivity index (χ3v) is 5.33. The second-order valence-electron chi connectivity index (χ2n) is 9.07. The molecule has 0 saturated carbocycles. The summed E-state index contributed by atoms with van der Waals surface area (Å²) in [5.74, 6) is 0.369. The number of nitrogens with zero attached hydrogens (tertiary/aromatic N) is 3. The smallest absolute Gasteiger partial charge is 0.416 e. The maximum atomic E-state index is 13.0. The fraction of sp³-hybridized carbons (Fsp3) is 0.524. The Bertz CT molecular complexity index is 869. The quantitative estimate of drug-likeness (QED) is 0.694. The van der Waals surface area contributed by atoms with Crippen molar-refractivity contribution in [1.29, 1.82) is 0 Å². The van der Waals surface area contributed by atoms with Crippen molar-refractivity contribution in [2.45, 2.75) is 63.8 Å². The molecule has 0 amide bonds. The Morgan fingerprint density at radius 1 is 1.03 bits per heavy atom. The summed E-state index contributed by atoms with van der Waals surface area (Å²) >= 11 is 0. The van der Waals surface area contributed by atoms with Gasteiger partial charge in [-0.25, -0.2) is 0 Å². The van der Waals surface area contributed by atoms with Crippen LogP contribution in [0.2, 0.25) is 0 Å². The van der Waals surface area contributed by atoms with E-state index < -0.39 is 11.7 Å². The van der Waals surface area contributed by atoms with E-state index in [-0.39, 0.29) is 46.5 Å². The van der Waals surface area contributed by atoms with Gasteiger partial charge in [0.05, 0.1) is 11.3 Å². The average molecular weight is 445 g/mol. The monoisotopic (exact) mass is 444 g/mol. The van der Waals surface area contributed by atoms with Gasteiger partial charge in [0.25, 0.3) is 0 Å². The number of nitrogens with one attached hydrogen (secondary N) is 1. The van der Waals surface area contributed by atoms with Crippen molar-refractivity contribution in [2.75, 3.05) is 11.9 Å². The van der Waals surface area contributed by atoms with Gasteiger partial charge in [-0.3, -0.25) is 0 Å². The van der Waals surface area contributed by atoms with Crippen LogP contribution in [0.4, 0.5) is 19.0 Å². The molecule has 2 heterocycles. The molecule has 5 nitrogen and oxygen atoms in total. The van der Waals surface area contributed by atoms with E-state index >= 15 is 0 Å². The molecule has 1 aromatic carbocycles. The maximum absolute atomic E-state index is 13.0. The van der Waals surface area contributed by atoms with Gasteiger partial charge >= 0.3 is 6.18 Å². The lowest BCUT2D eigenvalue weighted by Crippen LogP contribution is -2.62. The Hall–Kier alpha value is -2.06. The van der Waals surface area contributed by atoms with Gasteiger partial charge in [0.1, 0.15) is 5.75 Å². The molecule has 0 spiro atoms. The predicted octanol–water partition coefficient (Wildman–Crippen LogP) is 5.04. The number of alkyl halides is 3. The van der Waals surface area contributed by atoms with E-state index in [4.69, 9.17) is 0 Å². The van der Waals surface area contributed by atoms with Gasteiger partial charge in [0.2, 0.25) is 0 Å². The van der Waals surface area contributed by atoms with Crippen LogP contribution in [0.3, 0.4) is 0 Å². The van der Waals surface area contributed by atoms with Gasteiger partial charge in [0.15, 0.2) is 5.82 Å². The van der Waals surface area contributed by atoms with Gasteiger partial charge in [-0.1, -0.05) is 0 Å². The van der Waals surface area contributed by atoms with Crippen LogP contribution in [0.1, 0.15) is 46.1 Å². The second-order valence-corrected chi connectivity index (χ2v) is 9.07. The van der Waals surface area contributed by atoms with Crippen molar-refractivity contribution < 1.29 is 18.3 Å². The number of piperidine rings is 1. The summed E-state index contributed by atoms with van der Waals surface area (Å²) in [6.45, 7) is 8.67. The molecule has 1 aliphatic rings. The first kappa shape index (κ1) is 24.2. The predicted molar refractivity (Wildman–Crippen MR) is 114 cm³/mol. The number of hydrogen-bond donors (Lipinski definition) is 2. The molecule has 0 aliphatic carbocycles. The maximum Gasteiger partial charge on any atom is 0.416 e. The van der Waals surface area contributed by atoms with Crippen molar-refractivity contribution in [3.05, 3.63) is 35.9 Å². The molecule has 0 atom stereocenters. The summed E-state index contributed by atoms with van der Waals surface area (Å²) in [6, 6.07) is 6.31. The highest BCUT2D eigenvalue weighted by atomic mass is 35.5. The van der Waals surface area contributed by atoms with E-state index in [9.17, 15) is 18.3 Å². The lowest BCUT2D eigenvalue weighted by molar-refractivity contribution is -0.137. The zero-order valence-electron chi connectivity index (χ0n) is 17.7. The second kappa shape index (κ2) is 8.23. The molecule has 1 fully saturated rings.